The minimum atomic E-state index is -0.137. The normalized spacial score (nSPS) is 15.3. The third-order valence-electron chi connectivity index (χ3n) is 3.68. The third kappa shape index (κ3) is 5.30. The second-order valence-corrected chi connectivity index (χ2v) is 5.20. The van der Waals surface area contributed by atoms with Gasteiger partial charge < -0.3 is 24.8 Å². The zero-order valence-corrected chi connectivity index (χ0v) is 13.5. The molecular weight excluding hydrogens is 298 g/mol. The summed E-state index contributed by atoms with van der Waals surface area (Å²) >= 11 is 0. The van der Waals surface area contributed by atoms with Gasteiger partial charge in [-0.05, 0) is 19.1 Å². The van der Waals surface area contributed by atoms with Crippen LogP contribution in [-0.4, -0.2) is 73.6 Å². The Hall–Kier alpha value is -1.99. The number of carbonyl (C=O) groups excluding carboxylic acids is 1. The first-order chi connectivity index (χ1) is 11.2. The maximum absolute atomic E-state index is 12.1. The number of piperazine rings is 1. The van der Waals surface area contributed by atoms with Crippen LogP contribution in [0.15, 0.2) is 24.3 Å². The van der Waals surface area contributed by atoms with Gasteiger partial charge in [-0.15, -0.1) is 0 Å². The van der Waals surface area contributed by atoms with E-state index in [-0.39, 0.29) is 19.4 Å². The number of benzene rings is 1. The summed E-state index contributed by atoms with van der Waals surface area (Å²) in [6.45, 7) is 6.25. The van der Waals surface area contributed by atoms with Crippen molar-refractivity contribution in [3.05, 3.63) is 24.3 Å². The maximum Gasteiger partial charge on any atom is 0.320 e. The van der Waals surface area contributed by atoms with Crippen molar-refractivity contribution in [1.82, 2.24) is 15.1 Å². The zero-order valence-electron chi connectivity index (χ0n) is 13.5. The van der Waals surface area contributed by atoms with Gasteiger partial charge in [0.25, 0.3) is 0 Å². The molecule has 7 heteroatoms. The van der Waals surface area contributed by atoms with E-state index in [0.717, 1.165) is 13.1 Å². The van der Waals surface area contributed by atoms with E-state index in [4.69, 9.17) is 14.6 Å². The highest BCUT2D eigenvalue weighted by atomic mass is 16.5. The van der Waals surface area contributed by atoms with Crippen LogP contribution in [0.2, 0.25) is 0 Å². The quantitative estimate of drug-likeness (QED) is 0.724. The van der Waals surface area contributed by atoms with E-state index in [2.05, 4.69) is 10.2 Å². The number of carbonyl (C=O) groups is 1. The Kier molecular flexibility index (Phi) is 6.96. The molecule has 23 heavy (non-hydrogen) atoms. The molecule has 0 spiro atoms. The summed E-state index contributed by atoms with van der Waals surface area (Å²) in [4.78, 5) is 16.0. The van der Waals surface area contributed by atoms with E-state index in [9.17, 15) is 4.79 Å². The summed E-state index contributed by atoms with van der Waals surface area (Å²) in [6.07, 6.45) is 0. The molecule has 1 saturated heterocycles. The highest BCUT2D eigenvalue weighted by Gasteiger charge is 2.20. The second-order valence-electron chi connectivity index (χ2n) is 5.20. The summed E-state index contributed by atoms with van der Waals surface area (Å²) in [5.41, 5.74) is 0. The lowest BCUT2D eigenvalue weighted by atomic mass is 10.3. The number of hydrogen-bond donors (Lipinski definition) is 2. The molecule has 7 nitrogen and oxygen atoms in total. The van der Waals surface area contributed by atoms with Crippen molar-refractivity contribution in [3.63, 3.8) is 0 Å². The van der Waals surface area contributed by atoms with Crippen LogP contribution in [0, 0.1) is 0 Å². The van der Waals surface area contributed by atoms with E-state index in [0.29, 0.717) is 37.7 Å². The first-order valence-electron chi connectivity index (χ1n) is 7.95. The number of hydrogen-bond acceptors (Lipinski definition) is 5. The fraction of sp³-hybridized carbons (Fsp3) is 0.562. The number of nitrogens with zero attached hydrogens (tertiary/aromatic N) is 2. The van der Waals surface area contributed by atoms with Crippen molar-refractivity contribution < 1.29 is 19.4 Å². The van der Waals surface area contributed by atoms with Gasteiger partial charge in [0.2, 0.25) is 0 Å². The molecule has 2 N–H and O–H groups in total. The van der Waals surface area contributed by atoms with Gasteiger partial charge in [0.05, 0.1) is 13.2 Å². The predicted octanol–water partition coefficient (Wildman–Crippen LogP) is 0.741. The largest absolute Gasteiger partial charge is 0.490 e. The molecule has 0 radical (unpaired) electrons. The van der Waals surface area contributed by atoms with E-state index >= 15 is 0 Å². The van der Waals surface area contributed by atoms with E-state index < -0.39 is 0 Å². The minimum absolute atomic E-state index is 0.0970. The number of para-hydroxylation sites is 2. The topological polar surface area (TPSA) is 74.3 Å². The van der Waals surface area contributed by atoms with Crippen molar-refractivity contribution in [3.8, 4) is 11.5 Å². The molecular formula is C16H25N3O4. The van der Waals surface area contributed by atoms with E-state index in [1.807, 2.05) is 31.2 Å². The van der Waals surface area contributed by atoms with E-state index in [1.54, 1.807) is 4.90 Å². The number of amides is 2. The van der Waals surface area contributed by atoms with Gasteiger partial charge in [-0.3, -0.25) is 4.90 Å². The molecule has 1 aromatic carbocycles. The molecule has 1 fully saturated rings. The van der Waals surface area contributed by atoms with Crippen molar-refractivity contribution in [2.75, 3.05) is 52.7 Å². The Balaban J connectivity index is 1.73. The van der Waals surface area contributed by atoms with Gasteiger partial charge in [0, 0.05) is 32.7 Å². The van der Waals surface area contributed by atoms with Crippen LogP contribution >= 0.6 is 0 Å². The molecule has 0 saturated carbocycles. The molecule has 1 aliphatic rings. The van der Waals surface area contributed by atoms with Crippen LogP contribution in [0.25, 0.3) is 0 Å². The first-order valence-corrected chi connectivity index (χ1v) is 7.95. The van der Waals surface area contributed by atoms with E-state index in [1.165, 1.54) is 0 Å². The lowest BCUT2D eigenvalue weighted by Crippen LogP contribution is -2.52. The Labute approximate surface area is 136 Å². The number of aliphatic hydroxyl groups is 1. The van der Waals surface area contributed by atoms with Gasteiger partial charge in [0.1, 0.15) is 0 Å². The Morgan fingerprint density at radius 2 is 1.83 bits per heavy atom. The molecule has 1 aromatic rings. The summed E-state index contributed by atoms with van der Waals surface area (Å²) in [7, 11) is 0. The SMILES string of the molecule is CCOc1ccccc1OCNC(=O)N1CCN(CCO)CC1. The third-order valence-corrected chi connectivity index (χ3v) is 3.68. The Morgan fingerprint density at radius 1 is 1.17 bits per heavy atom. The second kappa shape index (κ2) is 9.22. The number of β-amino-alcohol motifs (C(OH)–C–C–N with tert-alkyl or cyclic N) is 1. The smallest absolute Gasteiger partial charge is 0.320 e. The van der Waals surface area contributed by atoms with Crippen LogP contribution in [0.3, 0.4) is 0 Å². The predicted molar refractivity (Wildman–Crippen MR) is 86.7 cm³/mol. The summed E-state index contributed by atoms with van der Waals surface area (Å²) in [6, 6.07) is 7.25. The van der Waals surface area contributed by atoms with Crippen molar-refractivity contribution in [1.29, 1.82) is 0 Å². The van der Waals surface area contributed by atoms with Gasteiger partial charge >= 0.3 is 6.03 Å². The van der Waals surface area contributed by atoms with Crippen LogP contribution < -0.4 is 14.8 Å². The van der Waals surface area contributed by atoms with Crippen LogP contribution in [0.1, 0.15) is 6.92 Å². The number of rotatable bonds is 7. The average Bonchev–Trinajstić information content (AvgIpc) is 2.57. The van der Waals surface area contributed by atoms with Crippen LogP contribution in [0.5, 0.6) is 11.5 Å². The summed E-state index contributed by atoms with van der Waals surface area (Å²) in [5.74, 6) is 1.28. The maximum atomic E-state index is 12.1. The molecule has 0 atom stereocenters. The number of nitrogens with one attached hydrogen (secondary N) is 1. The number of ether oxygens (including phenoxy) is 2. The van der Waals surface area contributed by atoms with Crippen molar-refractivity contribution in [2.45, 2.75) is 6.92 Å². The highest BCUT2D eigenvalue weighted by Crippen LogP contribution is 2.25. The molecule has 2 amide bonds. The van der Waals surface area contributed by atoms with Gasteiger partial charge in [-0.1, -0.05) is 12.1 Å². The lowest BCUT2D eigenvalue weighted by Gasteiger charge is -2.34. The van der Waals surface area contributed by atoms with Gasteiger partial charge in [-0.25, -0.2) is 4.79 Å². The summed E-state index contributed by atoms with van der Waals surface area (Å²) < 4.78 is 11.1. The standard InChI is InChI=1S/C16H25N3O4/c1-2-22-14-5-3-4-6-15(14)23-13-17-16(21)19-9-7-18(8-10-19)11-12-20/h3-6,20H,2,7-13H2,1H3,(H,17,21). The average molecular weight is 323 g/mol. The number of aliphatic hydroxyl groups excluding tert-OH is 1. The van der Waals surface area contributed by atoms with Crippen molar-refractivity contribution >= 4 is 6.03 Å². The molecule has 128 valence electrons. The van der Waals surface area contributed by atoms with Gasteiger partial charge in [0.15, 0.2) is 18.2 Å². The fourth-order valence-electron chi connectivity index (χ4n) is 2.45. The molecule has 0 unspecified atom stereocenters. The van der Waals surface area contributed by atoms with Crippen LogP contribution in [0.4, 0.5) is 4.79 Å². The molecule has 2 rings (SSSR count). The Bertz CT molecular complexity index is 490. The minimum Gasteiger partial charge on any atom is -0.490 e. The fourth-order valence-corrected chi connectivity index (χ4v) is 2.45. The zero-order chi connectivity index (χ0) is 16.5. The van der Waals surface area contributed by atoms with Crippen molar-refractivity contribution in [2.24, 2.45) is 0 Å². The molecule has 0 bridgehead atoms. The van der Waals surface area contributed by atoms with Crippen LogP contribution in [-0.2, 0) is 0 Å². The molecule has 1 heterocycles. The molecule has 1 aliphatic heterocycles. The molecule has 0 aliphatic carbocycles. The Morgan fingerprint density at radius 3 is 2.43 bits per heavy atom. The summed E-state index contributed by atoms with van der Waals surface area (Å²) in [5, 5.41) is 11.7. The lowest BCUT2D eigenvalue weighted by molar-refractivity contribution is 0.118. The monoisotopic (exact) mass is 323 g/mol. The van der Waals surface area contributed by atoms with Gasteiger partial charge in [-0.2, -0.15) is 0 Å². The first kappa shape index (κ1) is 17.4. The highest BCUT2D eigenvalue weighted by molar-refractivity contribution is 5.74. The molecule has 0 aromatic heterocycles. The number of urea groups is 1.